The summed E-state index contributed by atoms with van der Waals surface area (Å²) in [5, 5.41) is 27.1. The van der Waals surface area contributed by atoms with Crippen molar-refractivity contribution < 1.29 is 19.4 Å². The molecule has 0 radical (unpaired) electrons. The number of nitro groups is 2. The van der Waals surface area contributed by atoms with E-state index >= 15 is 0 Å². The van der Waals surface area contributed by atoms with Gasteiger partial charge in [-0.05, 0) is 72.3 Å². The number of allylic oxidation sites excluding steroid dienone is 1. The monoisotopic (exact) mass is 532 g/mol. The van der Waals surface area contributed by atoms with E-state index in [1.807, 2.05) is 6.07 Å². The number of amides is 2. The molecule has 0 saturated carbocycles. The molecule has 10 heteroatoms. The molecule has 0 aliphatic heterocycles. The summed E-state index contributed by atoms with van der Waals surface area (Å²) in [7, 11) is 0. The minimum absolute atomic E-state index is 0.0940. The maximum absolute atomic E-state index is 12.5. The van der Waals surface area contributed by atoms with Crippen LogP contribution in [0, 0.1) is 32.1 Å². The summed E-state index contributed by atoms with van der Waals surface area (Å²) < 4.78 is 0. The zero-order valence-electron chi connectivity index (χ0n) is 20.7. The number of benzene rings is 4. The third kappa shape index (κ3) is 7.24. The van der Waals surface area contributed by atoms with Crippen molar-refractivity contribution in [3.8, 4) is 11.8 Å². The van der Waals surface area contributed by atoms with Crippen LogP contribution in [0.25, 0.3) is 6.08 Å². The fraction of sp³-hybridized carbons (Fsp3) is 0. The Bertz CT molecular complexity index is 1680. The molecule has 0 bridgehead atoms. The highest BCUT2D eigenvalue weighted by Crippen LogP contribution is 2.17. The zero-order chi connectivity index (χ0) is 28.5. The lowest BCUT2D eigenvalue weighted by atomic mass is 10.1. The Morgan fingerprint density at radius 1 is 0.675 bits per heavy atom. The second-order valence-corrected chi connectivity index (χ2v) is 8.33. The summed E-state index contributed by atoms with van der Waals surface area (Å²) >= 11 is 0. The second-order valence-electron chi connectivity index (χ2n) is 8.33. The third-order valence-electron chi connectivity index (χ3n) is 5.52. The van der Waals surface area contributed by atoms with E-state index in [-0.39, 0.29) is 16.9 Å². The molecular formula is C30H20N4O6. The van der Waals surface area contributed by atoms with E-state index in [9.17, 15) is 29.8 Å². The van der Waals surface area contributed by atoms with Crippen molar-refractivity contribution in [3.05, 3.63) is 146 Å². The van der Waals surface area contributed by atoms with Crippen molar-refractivity contribution in [2.24, 2.45) is 0 Å². The molecular weight excluding hydrogens is 512 g/mol. The van der Waals surface area contributed by atoms with E-state index in [2.05, 4.69) is 22.5 Å². The van der Waals surface area contributed by atoms with Crippen LogP contribution in [0.2, 0.25) is 0 Å². The molecule has 4 aromatic carbocycles. The van der Waals surface area contributed by atoms with Crippen molar-refractivity contribution in [1.82, 2.24) is 0 Å². The van der Waals surface area contributed by atoms with Crippen LogP contribution in [0.4, 0.5) is 22.7 Å². The lowest BCUT2D eigenvalue weighted by Gasteiger charge is -2.06. The van der Waals surface area contributed by atoms with Crippen LogP contribution >= 0.6 is 0 Å². The van der Waals surface area contributed by atoms with Crippen molar-refractivity contribution >= 4 is 40.6 Å². The number of hydrogen-bond donors (Lipinski definition) is 2. The predicted molar refractivity (Wildman–Crippen MR) is 151 cm³/mol. The minimum atomic E-state index is -0.530. The average Bonchev–Trinajstić information content (AvgIpc) is 2.96. The lowest BCUT2D eigenvalue weighted by molar-refractivity contribution is -0.385. The van der Waals surface area contributed by atoms with Crippen LogP contribution in [0.15, 0.2) is 103 Å². The maximum atomic E-state index is 12.5. The molecule has 0 aliphatic carbocycles. The molecule has 0 heterocycles. The van der Waals surface area contributed by atoms with Gasteiger partial charge >= 0.3 is 0 Å². The van der Waals surface area contributed by atoms with Gasteiger partial charge in [-0.15, -0.1) is 0 Å². The van der Waals surface area contributed by atoms with Gasteiger partial charge in [-0.2, -0.15) is 0 Å². The summed E-state index contributed by atoms with van der Waals surface area (Å²) in [6.45, 7) is 0. The van der Waals surface area contributed by atoms with Crippen molar-refractivity contribution in [3.63, 3.8) is 0 Å². The summed E-state index contributed by atoms with van der Waals surface area (Å²) in [6.07, 6.45) is 3.42. The van der Waals surface area contributed by atoms with Crippen LogP contribution in [0.5, 0.6) is 0 Å². The van der Waals surface area contributed by atoms with Crippen LogP contribution in [-0.4, -0.2) is 21.7 Å². The van der Waals surface area contributed by atoms with Gasteiger partial charge in [0.15, 0.2) is 0 Å². The molecule has 0 fully saturated rings. The van der Waals surface area contributed by atoms with Crippen molar-refractivity contribution in [2.45, 2.75) is 0 Å². The normalized spacial score (nSPS) is 10.3. The highest BCUT2D eigenvalue weighted by Gasteiger charge is 2.11. The van der Waals surface area contributed by atoms with Crippen molar-refractivity contribution in [2.75, 3.05) is 10.6 Å². The first-order chi connectivity index (χ1) is 19.3. The Balaban J connectivity index is 1.36. The molecule has 4 rings (SSSR count). The molecule has 4 aromatic rings. The fourth-order valence-corrected chi connectivity index (χ4v) is 3.53. The second kappa shape index (κ2) is 12.4. The molecule has 40 heavy (non-hydrogen) atoms. The zero-order valence-corrected chi connectivity index (χ0v) is 20.7. The van der Waals surface area contributed by atoms with Gasteiger partial charge in [-0.1, -0.05) is 30.0 Å². The standard InChI is InChI=1S/C30H20N4O6/c35-29(23-11-15-27(16-12-23)33(37)38)31-25-9-3-7-21(19-25)5-1-2-6-22-8-4-10-26(20-22)32-30(36)24-13-17-28(18-14-24)34(39)40/h1,3-5,7-20H,(H,31,35)(H,32,36)/b5-1+. The molecule has 0 unspecified atom stereocenters. The molecule has 0 aliphatic rings. The molecule has 0 aromatic heterocycles. The van der Waals surface area contributed by atoms with E-state index < -0.39 is 21.7 Å². The Hall–Kier alpha value is -6.08. The first kappa shape index (κ1) is 27.0. The third-order valence-corrected chi connectivity index (χ3v) is 5.52. The average molecular weight is 533 g/mol. The Morgan fingerprint density at radius 3 is 1.70 bits per heavy atom. The molecule has 0 atom stereocenters. The number of nitro benzene ring substituents is 2. The number of carbonyl (C=O) groups excluding carboxylic acids is 2. The molecule has 0 spiro atoms. The molecule has 2 amide bonds. The van der Waals surface area contributed by atoms with Crippen LogP contribution < -0.4 is 10.6 Å². The van der Waals surface area contributed by atoms with Gasteiger partial charge in [0, 0.05) is 52.3 Å². The lowest BCUT2D eigenvalue weighted by Crippen LogP contribution is -2.11. The number of rotatable bonds is 7. The molecule has 2 N–H and O–H groups in total. The van der Waals surface area contributed by atoms with E-state index in [4.69, 9.17) is 0 Å². The maximum Gasteiger partial charge on any atom is 0.269 e. The number of carbonyl (C=O) groups is 2. The van der Waals surface area contributed by atoms with Gasteiger partial charge in [0.05, 0.1) is 9.85 Å². The highest BCUT2D eigenvalue weighted by molar-refractivity contribution is 6.05. The van der Waals surface area contributed by atoms with Crippen molar-refractivity contribution in [1.29, 1.82) is 0 Å². The van der Waals surface area contributed by atoms with E-state index in [1.165, 1.54) is 48.5 Å². The fourth-order valence-electron chi connectivity index (χ4n) is 3.53. The molecule has 0 saturated heterocycles. The number of non-ortho nitro benzene ring substituents is 2. The predicted octanol–water partition coefficient (Wildman–Crippen LogP) is 6.07. The van der Waals surface area contributed by atoms with Crippen LogP contribution in [0.1, 0.15) is 31.8 Å². The summed E-state index contributed by atoms with van der Waals surface area (Å²) in [4.78, 5) is 45.4. The summed E-state index contributed by atoms with van der Waals surface area (Å²) in [5.74, 6) is 5.12. The number of hydrogen-bond acceptors (Lipinski definition) is 6. The minimum Gasteiger partial charge on any atom is -0.322 e. The first-order valence-corrected chi connectivity index (χ1v) is 11.8. The van der Waals surface area contributed by atoms with E-state index in [0.717, 1.165) is 5.56 Å². The highest BCUT2D eigenvalue weighted by atomic mass is 16.6. The first-order valence-electron chi connectivity index (χ1n) is 11.8. The number of anilines is 2. The van der Waals surface area contributed by atoms with Gasteiger partial charge in [0.25, 0.3) is 23.2 Å². The largest absolute Gasteiger partial charge is 0.322 e. The van der Waals surface area contributed by atoms with Crippen LogP contribution in [0.3, 0.4) is 0 Å². The van der Waals surface area contributed by atoms with E-state index in [1.54, 1.807) is 54.6 Å². The van der Waals surface area contributed by atoms with E-state index in [0.29, 0.717) is 22.5 Å². The van der Waals surface area contributed by atoms with Gasteiger partial charge in [0.1, 0.15) is 0 Å². The number of nitrogens with zero attached hydrogens (tertiary/aromatic N) is 2. The summed E-state index contributed by atoms with van der Waals surface area (Å²) in [5.41, 5.74) is 2.92. The summed E-state index contributed by atoms with van der Waals surface area (Å²) in [6, 6.07) is 24.7. The SMILES string of the molecule is O=C(Nc1cccc(C#C/C=C/c2cccc(NC(=O)c3ccc([N+](=O)[O-])cc3)c2)c1)c1ccc([N+](=O)[O-])cc1. The Morgan fingerprint density at radius 2 is 1.18 bits per heavy atom. The topological polar surface area (TPSA) is 144 Å². The Kier molecular flexibility index (Phi) is 8.39. The van der Waals surface area contributed by atoms with Gasteiger partial charge < -0.3 is 10.6 Å². The van der Waals surface area contributed by atoms with Gasteiger partial charge in [0.2, 0.25) is 0 Å². The van der Waals surface area contributed by atoms with Crippen LogP contribution in [-0.2, 0) is 0 Å². The Labute approximate surface area is 228 Å². The molecule has 196 valence electrons. The molecule has 10 nitrogen and oxygen atoms in total. The number of nitrogens with one attached hydrogen (secondary N) is 2. The van der Waals surface area contributed by atoms with Gasteiger partial charge in [-0.3, -0.25) is 29.8 Å². The smallest absolute Gasteiger partial charge is 0.269 e. The van der Waals surface area contributed by atoms with Gasteiger partial charge in [-0.25, -0.2) is 0 Å². The quantitative estimate of drug-likeness (QED) is 0.168.